The van der Waals surface area contributed by atoms with Gasteiger partial charge in [-0.05, 0) is 24.0 Å². The van der Waals surface area contributed by atoms with E-state index < -0.39 is 0 Å². The second kappa shape index (κ2) is 4.96. The quantitative estimate of drug-likeness (QED) is 0.711. The molecule has 0 aliphatic heterocycles. The molecule has 82 valence electrons. The third kappa shape index (κ3) is 2.58. The fourth-order valence-corrected chi connectivity index (χ4v) is 1.82. The molecule has 0 N–H and O–H groups in total. The van der Waals surface area contributed by atoms with Gasteiger partial charge in [0.15, 0.2) is 0 Å². The SMILES string of the molecule is COC(=O)C(c1ccccc1C)C(C)C. The number of hydrogen-bond donors (Lipinski definition) is 0. The summed E-state index contributed by atoms with van der Waals surface area (Å²) in [5.41, 5.74) is 2.21. The lowest BCUT2D eigenvalue weighted by atomic mass is 9.86. The zero-order valence-electron chi connectivity index (χ0n) is 9.78. The van der Waals surface area contributed by atoms with Crippen LogP contribution in [0, 0.1) is 12.8 Å². The van der Waals surface area contributed by atoms with Gasteiger partial charge in [-0.2, -0.15) is 0 Å². The average Bonchev–Trinajstić information content (AvgIpc) is 2.20. The van der Waals surface area contributed by atoms with Crippen molar-refractivity contribution in [3.63, 3.8) is 0 Å². The van der Waals surface area contributed by atoms with Crippen molar-refractivity contribution < 1.29 is 9.53 Å². The molecular formula is C13H18O2. The normalized spacial score (nSPS) is 12.6. The van der Waals surface area contributed by atoms with Crippen LogP contribution in [0.4, 0.5) is 0 Å². The minimum absolute atomic E-state index is 0.153. The fourth-order valence-electron chi connectivity index (χ4n) is 1.82. The van der Waals surface area contributed by atoms with Gasteiger partial charge in [-0.3, -0.25) is 4.79 Å². The van der Waals surface area contributed by atoms with Crippen molar-refractivity contribution in [1.82, 2.24) is 0 Å². The largest absolute Gasteiger partial charge is 0.469 e. The molecule has 2 heteroatoms. The topological polar surface area (TPSA) is 26.3 Å². The molecule has 1 aromatic rings. The average molecular weight is 206 g/mol. The summed E-state index contributed by atoms with van der Waals surface area (Å²) in [4.78, 5) is 11.7. The van der Waals surface area contributed by atoms with E-state index in [-0.39, 0.29) is 17.8 Å². The van der Waals surface area contributed by atoms with Crippen LogP contribution in [-0.4, -0.2) is 13.1 Å². The van der Waals surface area contributed by atoms with E-state index in [1.807, 2.05) is 45.0 Å². The van der Waals surface area contributed by atoms with Crippen LogP contribution in [0.15, 0.2) is 24.3 Å². The third-order valence-corrected chi connectivity index (χ3v) is 2.65. The van der Waals surface area contributed by atoms with Crippen molar-refractivity contribution >= 4 is 5.97 Å². The number of carbonyl (C=O) groups is 1. The summed E-state index contributed by atoms with van der Waals surface area (Å²) in [5.74, 6) is -0.0611. The summed E-state index contributed by atoms with van der Waals surface area (Å²) >= 11 is 0. The highest BCUT2D eigenvalue weighted by molar-refractivity contribution is 5.78. The van der Waals surface area contributed by atoms with Crippen LogP contribution in [0.5, 0.6) is 0 Å². The molecule has 2 nitrogen and oxygen atoms in total. The van der Waals surface area contributed by atoms with Crippen molar-refractivity contribution in [3.8, 4) is 0 Å². The number of ether oxygens (including phenoxy) is 1. The van der Waals surface area contributed by atoms with E-state index in [1.165, 1.54) is 7.11 Å². The molecule has 0 saturated heterocycles. The molecule has 0 amide bonds. The Morgan fingerprint density at radius 3 is 2.33 bits per heavy atom. The van der Waals surface area contributed by atoms with Gasteiger partial charge in [0.2, 0.25) is 0 Å². The summed E-state index contributed by atoms with van der Waals surface area (Å²) in [7, 11) is 1.44. The van der Waals surface area contributed by atoms with Gasteiger partial charge in [0.05, 0.1) is 13.0 Å². The lowest BCUT2D eigenvalue weighted by Gasteiger charge is -2.20. The Balaban J connectivity index is 3.10. The van der Waals surface area contributed by atoms with E-state index in [2.05, 4.69) is 0 Å². The number of carbonyl (C=O) groups excluding carboxylic acids is 1. The number of methoxy groups -OCH3 is 1. The monoisotopic (exact) mass is 206 g/mol. The summed E-state index contributed by atoms with van der Waals surface area (Å²) in [6.45, 7) is 6.09. The molecular weight excluding hydrogens is 188 g/mol. The van der Waals surface area contributed by atoms with Gasteiger partial charge in [-0.25, -0.2) is 0 Å². The first-order chi connectivity index (χ1) is 7.07. The number of benzene rings is 1. The smallest absolute Gasteiger partial charge is 0.313 e. The molecule has 1 aromatic carbocycles. The number of rotatable bonds is 3. The number of aryl methyl sites for hydroxylation is 1. The Morgan fingerprint density at radius 2 is 1.87 bits per heavy atom. The van der Waals surface area contributed by atoms with Crippen LogP contribution in [0.2, 0.25) is 0 Å². The molecule has 1 unspecified atom stereocenters. The molecule has 0 aliphatic rings. The number of esters is 1. The minimum Gasteiger partial charge on any atom is -0.469 e. The second-order valence-electron chi connectivity index (χ2n) is 4.10. The van der Waals surface area contributed by atoms with E-state index in [0.717, 1.165) is 11.1 Å². The molecule has 0 bridgehead atoms. The van der Waals surface area contributed by atoms with Crippen LogP contribution in [0.3, 0.4) is 0 Å². The molecule has 1 rings (SSSR count). The molecule has 15 heavy (non-hydrogen) atoms. The van der Waals surface area contributed by atoms with Crippen LogP contribution >= 0.6 is 0 Å². The van der Waals surface area contributed by atoms with Gasteiger partial charge in [-0.1, -0.05) is 38.1 Å². The van der Waals surface area contributed by atoms with Gasteiger partial charge < -0.3 is 4.74 Å². The van der Waals surface area contributed by atoms with Crippen molar-refractivity contribution in [1.29, 1.82) is 0 Å². The Hall–Kier alpha value is -1.31. The molecule has 0 aromatic heterocycles. The predicted molar refractivity (Wildman–Crippen MR) is 60.8 cm³/mol. The van der Waals surface area contributed by atoms with Gasteiger partial charge in [0, 0.05) is 0 Å². The lowest BCUT2D eigenvalue weighted by molar-refractivity contribution is -0.143. The van der Waals surface area contributed by atoms with Crippen molar-refractivity contribution in [3.05, 3.63) is 35.4 Å². The van der Waals surface area contributed by atoms with Crippen molar-refractivity contribution in [2.24, 2.45) is 5.92 Å². The second-order valence-corrected chi connectivity index (χ2v) is 4.10. The lowest BCUT2D eigenvalue weighted by Crippen LogP contribution is -2.20. The Labute approximate surface area is 91.3 Å². The molecule has 1 atom stereocenters. The molecule has 0 spiro atoms. The van der Waals surface area contributed by atoms with Gasteiger partial charge >= 0.3 is 5.97 Å². The highest BCUT2D eigenvalue weighted by Crippen LogP contribution is 2.27. The predicted octanol–water partition coefficient (Wildman–Crippen LogP) is 2.91. The fraction of sp³-hybridized carbons (Fsp3) is 0.462. The molecule has 0 fully saturated rings. The standard InChI is InChI=1S/C13H18O2/c1-9(2)12(13(14)15-4)11-8-6-5-7-10(11)3/h5-9,12H,1-4H3. The molecule has 0 aliphatic carbocycles. The minimum atomic E-state index is -0.156. The van der Waals surface area contributed by atoms with Gasteiger partial charge in [-0.15, -0.1) is 0 Å². The first kappa shape index (κ1) is 11.8. The molecule has 0 radical (unpaired) electrons. The zero-order chi connectivity index (χ0) is 11.4. The van der Waals surface area contributed by atoms with Crippen molar-refractivity contribution in [2.75, 3.05) is 7.11 Å². The highest BCUT2D eigenvalue weighted by atomic mass is 16.5. The van der Waals surface area contributed by atoms with E-state index in [4.69, 9.17) is 4.74 Å². The van der Waals surface area contributed by atoms with Gasteiger partial charge in [0.1, 0.15) is 0 Å². The van der Waals surface area contributed by atoms with E-state index in [9.17, 15) is 4.79 Å². The third-order valence-electron chi connectivity index (χ3n) is 2.65. The van der Waals surface area contributed by atoms with Crippen LogP contribution in [-0.2, 0) is 9.53 Å². The maximum Gasteiger partial charge on any atom is 0.313 e. The summed E-state index contributed by atoms with van der Waals surface area (Å²) in [5, 5.41) is 0. The first-order valence-electron chi connectivity index (χ1n) is 5.21. The summed E-state index contributed by atoms with van der Waals surface area (Å²) in [6, 6.07) is 7.96. The Kier molecular flexibility index (Phi) is 3.89. The highest BCUT2D eigenvalue weighted by Gasteiger charge is 2.25. The van der Waals surface area contributed by atoms with Crippen LogP contribution in [0.1, 0.15) is 30.9 Å². The number of hydrogen-bond acceptors (Lipinski definition) is 2. The van der Waals surface area contributed by atoms with E-state index in [1.54, 1.807) is 0 Å². The van der Waals surface area contributed by atoms with Crippen molar-refractivity contribution in [2.45, 2.75) is 26.7 Å². The maximum atomic E-state index is 11.7. The van der Waals surface area contributed by atoms with Gasteiger partial charge in [0.25, 0.3) is 0 Å². The summed E-state index contributed by atoms with van der Waals surface area (Å²) in [6.07, 6.45) is 0. The molecule has 0 saturated carbocycles. The Morgan fingerprint density at radius 1 is 1.27 bits per heavy atom. The van der Waals surface area contributed by atoms with Crippen LogP contribution < -0.4 is 0 Å². The summed E-state index contributed by atoms with van der Waals surface area (Å²) < 4.78 is 4.84. The zero-order valence-corrected chi connectivity index (χ0v) is 9.78. The maximum absolute atomic E-state index is 11.7. The van der Waals surface area contributed by atoms with Crippen LogP contribution in [0.25, 0.3) is 0 Å². The molecule has 0 heterocycles. The van der Waals surface area contributed by atoms with E-state index >= 15 is 0 Å². The first-order valence-corrected chi connectivity index (χ1v) is 5.21. The Bertz CT molecular complexity index is 342. The van der Waals surface area contributed by atoms with E-state index in [0.29, 0.717) is 0 Å².